The lowest BCUT2D eigenvalue weighted by Gasteiger charge is -2.09. The number of ether oxygens (including phenoxy) is 2. The van der Waals surface area contributed by atoms with Crippen LogP contribution in [-0.4, -0.2) is 30.2 Å². The fraction of sp³-hybridized carbons (Fsp3) is 0.118. The molecular weight excluding hydrogens is 397 g/mol. The van der Waals surface area contributed by atoms with Crippen LogP contribution in [0.5, 0.6) is 11.5 Å². The number of anilines is 2. The van der Waals surface area contributed by atoms with Crippen LogP contribution in [0, 0.1) is 0 Å². The maximum Gasteiger partial charge on any atom is 0.573 e. The summed E-state index contributed by atoms with van der Waals surface area (Å²) in [5.74, 6) is -0.523. The lowest BCUT2D eigenvalue weighted by molar-refractivity contribution is -0.274. The summed E-state index contributed by atoms with van der Waals surface area (Å²) in [5, 5.41) is 9.55. The zero-order valence-corrected chi connectivity index (χ0v) is 15.1. The third-order valence-corrected chi connectivity index (χ3v) is 3.75. The molecule has 11 heteroatoms. The van der Waals surface area contributed by atoms with Gasteiger partial charge in [0.2, 0.25) is 5.78 Å². The Morgan fingerprint density at radius 1 is 1.14 bits per heavy atom. The standard InChI is InChI=1S/C17H13F3N4O3S/c1-26-10-4-2-9(3-5-10)21-16(28)24-23-15-14(25)12-8-11(27-17(18,19)20)6-7-13(12)22-15/h2-8H,1H3,(H2,21,24,28)(H,22,23,25). The van der Waals surface area contributed by atoms with Crippen LogP contribution < -0.4 is 25.5 Å². The molecule has 1 aliphatic heterocycles. The maximum absolute atomic E-state index is 12.3. The number of carbonyl (C=O) groups is 1. The number of rotatable bonds is 4. The third kappa shape index (κ3) is 4.68. The number of nitrogens with zero attached hydrogens (tertiary/aromatic N) is 1. The number of benzene rings is 2. The van der Waals surface area contributed by atoms with Crippen molar-refractivity contribution >= 4 is 40.3 Å². The van der Waals surface area contributed by atoms with Crippen LogP contribution in [0.1, 0.15) is 10.4 Å². The second-order valence-corrected chi connectivity index (χ2v) is 5.87. The molecule has 0 spiro atoms. The molecule has 0 aliphatic carbocycles. The number of methoxy groups -OCH3 is 1. The van der Waals surface area contributed by atoms with Gasteiger partial charge in [-0.25, -0.2) is 0 Å². The number of hydrogen-bond donors (Lipinski definition) is 3. The molecule has 0 atom stereocenters. The van der Waals surface area contributed by atoms with Gasteiger partial charge in [0.15, 0.2) is 10.9 Å². The molecule has 1 heterocycles. The van der Waals surface area contributed by atoms with Gasteiger partial charge in [0.05, 0.1) is 18.4 Å². The maximum atomic E-state index is 12.3. The Morgan fingerprint density at radius 2 is 1.82 bits per heavy atom. The first kappa shape index (κ1) is 19.4. The fourth-order valence-electron chi connectivity index (χ4n) is 2.35. The fourth-order valence-corrected chi connectivity index (χ4v) is 2.51. The number of alkyl halides is 3. The van der Waals surface area contributed by atoms with Crippen LogP contribution in [0.2, 0.25) is 0 Å². The van der Waals surface area contributed by atoms with Crippen molar-refractivity contribution in [2.75, 3.05) is 17.7 Å². The van der Waals surface area contributed by atoms with Gasteiger partial charge in [-0.3, -0.25) is 10.2 Å². The predicted octanol–water partition coefficient (Wildman–Crippen LogP) is 3.50. The Bertz CT molecular complexity index is 946. The number of amidine groups is 1. The second kappa shape index (κ2) is 7.72. The van der Waals surface area contributed by atoms with Gasteiger partial charge in [-0.05, 0) is 54.7 Å². The molecule has 0 saturated carbocycles. The van der Waals surface area contributed by atoms with Gasteiger partial charge in [0.25, 0.3) is 0 Å². The number of ketones is 1. The number of hydrazone groups is 1. The highest BCUT2D eigenvalue weighted by Gasteiger charge is 2.33. The molecule has 1 aliphatic rings. The summed E-state index contributed by atoms with van der Waals surface area (Å²) >= 11 is 5.09. The molecule has 0 bridgehead atoms. The summed E-state index contributed by atoms with van der Waals surface area (Å²) in [4.78, 5) is 12.3. The SMILES string of the molecule is COc1ccc(NC(=S)NN=C2Nc3ccc(OC(F)(F)F)cc3C2=O)cc1. The normalized spacial score (nSPS) is 14.3. The molecule has 0 aromatic heterocycles. The first-order valence-electron chi connectivity index (χ1n) is 7.75. The summed E-state index contributed by atoms with van der Waals surface area (Å²) in [6.45, 7) is 0. The first-order valence-corrected chi connectivity index (χ1v) is 8.16. The molecule has 2 aromatic rings. The minimum atomic E-state index is -4.85. The van der Waals surface area contributed by atoms with Crippen molar-refractivity contribution in [1.82, 2.24) is 5.43 Å². The molecule has 0 amide bonds. The molecule has 146 valence electrons. The van der Waals surface area contributed by atoms with Crippen molar-refractivity contribution in [1.29, 1.82) is 0 Å². The molecule has 3 rings (SSSR count). The van der Waals surface area contributed by atoms with E-state index in [1.165, 1.54) is 6.07 Å². The van der Waals surface area contributed by atoms with Crippen molar-refractivity contribution < 1.29 is 27.4 Å². The van der Waals surface area contributed by atoms with E-state index in [0.29, 0.717) is 17.1 Å². The highest BCUT2D eigenvalue weighted by atomic mass is 32.1. The molecule has 2 aromatic carbocycles. The topological polar surface area (TPSA) is 84.0 Å². The van der Waals surface area contributed by atoms with Gasteiger partial charge in [0, 0.05) is 5.69 Å². The number of fused-ring (bicyclic) bond motifs is 1. The van der Waals surface area contributed by atoms with E-state index in [-0.39, 0.29) is 16.5 Å². The van der Waals surface area contributed by atoms with Crippen molar-refractivity contribution in [3.63, 3.8) is 0 Å². The smallest absolute Gasteiger partial charge is 0.497 e. The molecule has 0 saturated heterocycles. The van der Waals surface area contributed by atoms with E-state index in [1.54, 1.807) is 31.4 Å². The molecule has 7 nitrogen and oxygen atoms in total. The van der Waals surface area contributed by atoms with Crippen LogP contribution in [0.15, 0.2) is 47.6 Å². The average Bonchev–Trinajstić information content (AvgIpc) is 2.95. The van der Waals surface area contributed by atoms with Gasteiger partial charge >= 0.3 is 6.36 Å². The predicted molar refractivity (Wildman–Crippen MR) is 101 cm³/mol. The van der Waals surface area contributed by atoms with Gasteiger partial charge in [-0.2, -0.15) is 5.10 Å². The summed E-state index contributed by atoms with van der Waals surface area (Å²) < 4.78 is 45.8. The van der Waals surface area contributed by atoms with Gasteiger partial charge < -0.3 is 20.1 Å². The van der Waals surface area contributed by atoms with Crippen molar-refractivity contribution in [2.24, 2.45) is 5.10 Å². The summed E-state index contributed by atoms with van der Waals surface area (Å²) in [6, 6.07) is 10.3. The number of nitrogens with one attached hydrogen (secondary N) is 3. The molecule has 3 N–H and O–H groups in total. The van der Waals surface area contributed by atoms with Crippen LogP contribution >= 0.6 is 12.2 Å². The lowest BCUT2D eigenvalue weighted by atomic mass is 10.1. The summed E-state index contributed by atoms with van der Waals surface area (Å²) in [6.07, 6.45) is -4.85. The molecule has 28 heavy (non-hydrogen) atoms. The molecule has 0 radical (unpaired) electrons. The first-order chi connectivity index (χ1) is 13.2. The van der Waals surface area contributed by atoms with Crippen LogP contribution in [-0.2, 0) is 0 Å². The van der Waals surface area contributed by atoms with Gasteiger partial charge in [0.1, 0.15) is 11.5 Å². The van der Waals surface area contributed by atoms with Crippen LogP contribution in [0.3, 0.4) is 0 Å². The van der Waals surface area contributed by atoms with E-state index < -0.39 is 17.9 Å². The van der Waals surface area contributed by atoms with Gasteiger partial charge in [-0.1, -0.05) is 0 Å². The Hall–Kier alpha value is -3.34. The zero-order valence-electron chi connectivity index (χ0n) is 14.3. The Labute approximate surface area is 162 Å². The Kier molecular flexibility index (Phi) is 5.36. The second-order valence-electron chi connectivity index (χ2n) is 5.46. The van der Waals surface area contributed by atoms with Crippen molar-refractivity contribution in [3.05, 3.63) is 48.0 Å². The van der Waals surface area contributed by atoms with E-state index in [0.717, 1.165) is 12.1 Å². The van der Waals surface area contributed by atoms with E-state index >= 15 is 0 Å². The minimum absolute atomic E-state index is 0.0105. The number of halogens is 3. The van der Waals surface area contributed by atoms with E-state index in [2.05, 4.69) is 25.9 Å². The van der Waals surface area contributed by atoms with E-state index in [4.69, 9.17) is 17.0 Å². The number of carbonyl (C=O) groups excluding carboxylic acids is 1. The van der Waals surface area contributed by atoms with Crippen LogP contribution in [0.25, 0.3) is 0 Å². The number of thiocarbonyl (C=S) groups is 1. The van der Waals surface area contributed by atoms with Gasteiger partial charge in [-0.15, -0.1) is 13.2 Å². The minimum Gasteiger partial charge on any atom is -0.497 e. The Morgan fingerprint density at radius 3 is 2.46 bits per heavy atom. The molecule has 0 unspecified atom stereocenters. The highest BCUT2D eigenvalue weighted by Crippen LogP contribution is 2.30. The molecule has 0 fully saturated rings. The van der Waals surface area contributed by atoms with Crippen molar-refractivity contribution in [2.45, 2.75) is 6.36 Å². The Balaban J connectivity index is 1.64. The number of Topliss-reactive ketones (excluding diaryl/α,β-unsaturated/α-hetero) is 1. The van der Waals surface area contributed by atoms with Crippen molar-refractivity contribution in [3.8, 4) is 11.5 Å². The zero-order chi connectivity index (χ0) is 20.3. The van der Waals surface area contributed by atoms with E-state index in [1.807, 2.05) is 0 Å². The quantitative estimate of drug-likeness (QED) is 0.526. The highest BCUT2D eigenvalue weighted by molar-refractivity contribution is 7.80. The average molecular weight is 410 g/mol. The van der Waals surface area contributed by atoms with E-state index in [9.17, 15) is 18.0 Å². The monoisotopic (exact) mass is 410 g/mol. The summed E-state index contributed by atoms with van der Waals surface area (Å²) in [5.41, 5.74) is 3.49. The summed E-state index contributed by atoms with van der Waals surface area (Å²) in [7, 11) is 1.55. The lowest BCUT2D eigenvalue weighted by Crippen LogP contribution is -2.27. The third-order valence-electron chi connectivity index (χ3n) is 3.55. The largest absolute Gasteiger partial charge is 0.573 e. The number of hydrogen-bond acceptors (Lipinski definition) is 5. The molecular formula is C17H13F3N4O3S. The van der Waals surface area contributed by atoms with Crippen LogP contribution in [0.4, 0.5) is 24.5 Å².